The molecule has 0 radical (unpaired) electrons. The van der Waals surface area contributed by atoms with Crippen molar-refractivity contribution >= 4 is 16.0 Å². The van der Waals surface area contributed by atoms with Crippen molar-refractivity contribution in [2.75, 3.05) is 7.11 Å². The molecule has 2 N–H and O–H groups in total. The highest BCUT2D eigenvalue weighted by molar-refractivity contribution is 7.89. The number of carboxylic acids is 1. The maximum atomic E-state index is 12.4. The summed E-state index contributed by atoms with van der Waals surface area (Å²) in [6, 6.07) is 3.49. The van der Waals surface area contributed by atoms with Gasteiger partial charge < -0.3 is 9.84 Å². The fourth-order valence-electron chi connectivity index (χ4n) is 2.10. The molecule has 0 aliphatic carbocycles. The number of methoxy groups -OCH3 is 1. The fraction of sp³-hybridized carbons (Fsp3) is 0.500. The van der Waals surface area contributed by atoms with Gasteiger partial charge in [-0.05, 0) is 37.5 Å². The van der Waals surface area contributed by atoms with Crippen molar-refractivity contribution in [2.45, 2.75) is 38.1 Å². The first-order chi connectivity index (χ1) is 9.67. The zero-order valence-electron chi connectivity index (χ0n) is 12.6. The van der Waals surface area contributed by atoms with Crippen molar-refractivity contribution in [2.24, 2.45) is 5.92 Å². The average Bonchev–Trinajstić information content (AvgIpc) is 2.36. The van der Waals surface area contributed by atoms with Gasteiger partial charge in [0.25, 0.3) is 0 Å². The van der Waals surface area contributed by atoms with E-state index in [0.29, 0.717) is 12.3 Å². The molecule has 0 saturated heterocycles. The van der Waals surface area contributed by atoms with Crippen LogP contribution in [-0.2, 0) is 10.0 Å². The molecule has 1 atom stereocenters. The van der Waals surface area contributed by atoms with Crippen molar-refractivity contribution in [1.82, 2.24) is 4.72 Å². The van der Waals surface area contributed by atoms with Crippen molar-refractivity contribution in [3.63, 3.8) is 0 Å². The van der Waals surface area contributed by atoms with Crippen LogP contribution in [-0.4, -0.2) is 32.6 Å². The lowest BCUT2D eigenvalue weighted by Gasteiger charge is -2.17. The van der Waals surface area contributed by atoms with Gasteiger partial charge in [0.15, 0.2) is 0 Å². The highest BCUT2D eigenvalue weighted by Crippen LogP contribution is 2.25. The Labute approximate surface area is 125 Å². The summed E-state index contributed by atoms with van der Waals surface area (Å²) in [6.45, 7) is 5.76. The Bertz CT molecular complexity index is 610. The lowest BCUT2D eigenvalue weighted by atomic mass is 10.1. The summed E-state index contributed by atoms with van der Waals surface area (Å²) < 4.78 is 32.4. The largest absolute Gasteiger partial charge is 0.495 e. The zero-order valence-corrected chi connectivity index (χ0v) is 13.4. The second-order valence-corrected chi connectivity index (χ2v) is 7.01. The molecule has 1 aromatic rings. The molecule has 7 heteroatoms. The summed E-state index contributed by atoms with van der Waals surface area (Å²) in [7, 11) is -2.50. The molecule has 0 fully saturated rings. The van der Waals surface area contributed by atoms with E-state index >= 15 is 0 Å². The van der Waals surface area contributed by atoms with E-state index in [0.717, 1.165) is 6.07 Å². The number of aromatic carboxylic acids is 1. The topological polar surface area (TPSA) is 92.7 Å². The number of hydrogen-bond donors (Lipinski definition) is 2. The van der Waals surface area contributed by atoms with E-state index in [9.17, 15) is 13.2 Å². The molecule has 0 saturated carbocycles. The smallest absolute Gasteiger partial charge is 0.335 e. The average molecular weight is 315 g/mol. The Balaban J connectivity index is 3.17. The third-order valence-corrected chi connectivity index (χ3v) is 4.49. The number of carboxylic acid groups (broad SMARTS) is 1. The SMILES string of the molecule is COc1ccc(C(=O)O)cc1S(=O)(=O)NC(C)CC(C)C. The van der Waals surface area contributed by atoms with Gasteiger partial charge in [0, 0.05) is 6.04 Å². The summed E-state index contributed by atoms with van der Waals surface area (Å²) in [6.07, 6.45) is 0.681. The van der Waals surface area contributed by atoms with Crippen molar-refractivity contribution < 1.29 is 23.1 Å². The summed E-state index contributed by atoms with van der Waals surface area (Å²) in [4.78, 5) is 10.8. The third kappa shape index (κ3) is 4.71. The first-order valence-corrected chi connectivity index (χ1v) is 8.09. The van der Waals surface area contributed by atoms with Crippen LogP contribution in [0.4, 0.5) is 0 Å². The van der Waals surface area contributed by atoms with Crippen LogP contribution in [0, 0.1) is 5.92 Å². The molecule has 0 aromatic heterocycles. The van der Waals surface area contributed by atoms with Crippen molar-refractivity contribution in [3.05, 3.63) is 23.8 Å². The van der Waals surface area contributed by atoms with Gasteiger partial charge in [0.2, 0.25) is 10.0 Å². The Morgan fingerprint density at radius 2 is 1.95 bits per heavy atom. The van der Waals surface area contributed by atoms with Crippen molar-refractivity contribution in [1.29, 1.82) is 0 Å². The van der Waals surface area contributed by atoms with E-state index in [2.05, 4.69) is 4.72 Å². The lowest BCUT2D eigenvalue weighted by Crippen LogP contribution is -2.33. The van der Waals surface area contributed by atoms with Gasteiger partial charge in [-0.1, -0.05) is 13.8 Å². The minimum Gasteiger partial charge on any atom is -0.495 e. The zero-order chi connectivity index (χ0) is 16.2. The number of sulfonamides is 1. The highest BCUT2D eigenvalue weighted by atomic mass is 32.2. The van der Waals surface area contributed by atoms with E-state index in [1.54, 1.807) is 6.92 Å². The van der Waals surface area contributed by atoms with Gasteiger partial charge in [-0.3, -0.25) is 0 Å². The standard InChI is InChI=1S/C14H21NO5S/c1-9(2)7-10(3)15-21(18,19)13-8-11(14(16)17)5-6-12(13)20-4/h5-6,8-10,15H,7H2,1-4H3,(H,16,17). The number of nitrogens with one attached hydrogen (secondary N) is 1. The molecule has 1 unspecified atom stereocenters. The summed E-state index contributed by atoms with van der Waals surface area (Å²) in [5.41, 5.74) is -0.104. The van der Waals surface area contributed by atoms with E-state index in [-0.39, 0.29) is 22.3 Å². The maximum Gasteiger partial charge on any atom is 0.335 e. The number of benzene rings is 1. The van der Waals surface area contributed by atoms with Gasteiger partial charge >= 0.3 is 5.97 Å². The van der Waals surface area contributed by atoms with E-state index in [4.69, 9.17) is 9.84 Å². The molecular weight excluding hydrogens is 294 g/mol. The minimum atomic E-state index is -3.84. The molecule has 0 aliphatic rings. The molecule has 118 valence electrons. The molecule has 0 spiro atoms. The minimum absolute atomic E-state index is 0.104. The predicted octanol–water partition coefficient (Wildman–Crippen LogP) is 2.11. The summed E-state index contributed by atoms with van der Waals surface area (Å²) >= 11 is 0. The number of hydrogen-bond acceptors (Lipinski definition) is 4. The summed E-state index contributed by atoms with van der Waals surface area (Å²) in [5, 5.41) is 8.98. The van der Waals surface area contributed by atoms with Crippen molar-refractivity contribution in [3.8, 4) is 5.75 Å². The number of rotatable bonds is 7. The molecule has 6 nitrogen and oxygen atoms in total. The molecule has 1 rings (SSSR count). The Hall–Kier alpha value is -1.60. The van der Waals surface area contributed by atoms with Gasteiger partial charge in [0.1, 0.15) is 10.6 Å². The van der Waals surface area contributed by atoms with Crippen LogP contribution < -0.4 is 9.46 Å². The molecule has 1 aromatic carbocycles. The molecule has 0 aliphatic heterocycles. The van der Waals surface area contributed by atoms with Gasteiger partial charge in [-0.15, -0.1) is 0 Å². The van der Waals surface area contributed by atoms with E-state index in [1.807, 2.05) is 13.8 Å². The van der Waals surface area contributed by atoms with Crippen LogP contribution in [0.2, 0.25) is 0 Å². The van der Waals surface area contributed by atoms with Crippen LogP contribution in [0.15, 0.2) is 23.1 Å². The highest BCUT2D eigenvalue weighted by Gasteiger charge is 2.23. The second kappa shape index (κ2) is 6.91. The van der Waals surface area contributed by atoms with Crippen LogP contribution in [0.1, 0.15) is 37.6 Å². The molecule has 21 heavy (non-hydrogen) atoms. The van der Waals surface area contributed by atoms with Crippen LogP contribution >= 0.6 is 0 Å². The van der Waals surface area contributed by atoms with Gasteiger partial charge in [0.05, 0.1) is 12.7 Å². The molecule has 0 amide bonds. The van der Waals surface area contributed by atoms with E-state index in [1.165, 1.54) is 19.2 Å². The van der Waals surface area contributed by atoms with Crippen LogP contribution in [0.5, 0.6) is 5.75 Å². The quantitative estimate of drug-likeness (QED) is 0.804. The number of carbonyl (C=O) groups is 1. The van der Waals surface area contributed by atoms with Gasteiger partial charge in [-0.2, -0.15) is 0 Å². The molecular formula is C14H21NO5S. The Kier molecular flexibility index (Phi) is 5.74. The predicted molar refractivity (Wildman–Crippen MR) is 79.2 cm³/mol. The molecule has 0 heterocycles. The fourth-order valence-corrected chi connectivity index (χ4v) is 3.55. The maximum absolute atomic E-state index is 12.4. The third-order valence-electron chi connectivity index (χ3n) is 2.88. The lowest BCUT2D eigenvalue weighted by molar-refractivity contribution is 0.0696. The molecule has 0 bridgehead atoms. The first-order valence-electron chi connectivity index (χ1n) is 6.61. The van der Waals surface area contributed by atoms with E-state index < -0.39 is 16.0 Å². The van der Waals surface area contributed by atoms with Crippen LogP contribution in [0.25, 0.3) is 0 Å². The normalized spacial score (nSPS) is 13.2. The second-order valence-electron chi connectivity index (χ2n) is 5.32. The van der Waals surface area contributed by atoms with Gasteiger partial charge in [-0.25, -0.2) is 17.9 Å². The Morgan fingerprint density at radius 3 is 2.43 bits per heavy atom. The number of ether oxygens (including phenoxy) is 1. The monoisotopic (exact) mass is 315 g/mol. The summed E-state index contributed by atoms with van der Waals surface area (Å²) in [5.74, 6) is -0.733. The van der Waals surface area contributed by atoms with Crippen LogP contribution in [0.3, 0.4) is 0 Å². The first kappa shape index (κ1) is 17.5. The Morgan fingerprint density at radius 1 is 1.33 bits per heavy atom.